The van der Waals surface area contributed by atoms with E-state index in [0.29, 0.717) is 5.95 Å². The number of allylic oxidation sites excluding steroid dienone is 4. The lowest BCUT2D eigenvalue weighted by Crippen LogP contribution is -2.13. The lowest BCUT2D eigenvalue weighted by atomic mass is 9.89. The lowest BCUT2D eigenvalue weighted by molar-refractivity contribution is 0.213. The summed E-state index contributed by atoms with van der Waals surface area (Å²) in [6.07, 6.45) is 9.76. The first-order valence-electron chi connectivity index (χ1n) is 8.19. The van der Waals surface area contributed by atoms with E-state index in [4.69, 9.17) is 9.57 Å². The van der Waals surface area contributed by atoms with E-state index in [1.54, 1.807) is 14.2 Å². The number of fused-ring (bicyclic) bond motifs is 1. The fourth-order valence-electron chi connectivity index (χ4n) is 2.81. The molecule has 0 amide bonds. The Labute approximate surface area is 147 Å². The van der Waals surface area contributed by atoms with Crippen LogP contribution < -0.4 is 10.1 Å². The number of anilines is 1. The molecule has 0 radical (unpaired) electrons. The van der Waals surface area contributed by atoms with E-state index < -0.39 is 0 Å². The molecule has 25 heavy (non-hydrogen) atoms. The summed E-state index contributed by atoms with van der Waals surface area (Å²) in [6, 6.07) is 4.26. The molecule has 1 unspecified atom stereocenters. The molecule has 6 heteroatoms. The van der Waals surface area contributed by atoms with Crippen molar-refractivity contribution in [3.8, 4) is 5.75 Å². The van der Waals surface area contributed by atoms with Crippen molar-refractivity contribution >= 4 is 22.6 Å². The Bertz CT molecular complexity index is 856. The van der Waals surface area contributed by atoms with Crippen molar-refractivity contribution in [2.75, 3.05) is 19.5 Å². The van der Waals surface area contributed by atoms with Gasteiger partial charge in [0, 0.05) is 29.3 Å². The third kappa shape index (κ3) is 3.63. The zero-order valence-corrected chi connectivity index (χ0v) is 14.9. The summed E-state index contributed by atoms with van der Waals surface area (Å²) in [6.45, 7) is 4.10. The standard InChI is InChI=1S/C19H22N4O2/c1-12(2)21-19-20-11-13-9-15(18(24-3)10-17(13)22-19)14-7-5-6-8-16(14)23-25-4/h5-12,14H,1-4H3,(H,20,21,22). The summed E-state index contributed by atoms with van der Waals surface area (Å²) >= 11 is 0. The zero-order chi connectivity index (χ0) is 17.8. The van der Waals surface area contributed by atoms with Gasteiger partial charge in [-0.05, 0) is 26.0 Å². The zero-order valence-electron chi connectivity index (χ0n) is 14.9. The highest BCUT2D eigenvalue weighted by atomic mass is 16.6. The largest absolute Gasteiger partial charge is 0.496 e. The molecule has 1 heterocycles. The Morgan fingerprint density at radius 1 is 1.20 bits per heavy atom. The summed E-state index contributed by atoms with van der Waals surface area (Å²) < 4.78 is 5.62. The van der Waals surface area contributed by atoms with Crippen LogP contribution in [-0.4, -0.2) is 35.9 Å². The molecule has 6 nitrogen and oxygen atoms in total. The van der Waals surface area contributed by atoms with E-state index in [0.717, 1.165) is 27.9 Å². The number of oxime groups is 1. The van der Waals surface area contributed by atoms with Crippen LogP contribution in [0.5, 0.6) is 5.75 Å². The maximum Gasteiger partial charge on any atom is 0.223 e. The molecule has 1 aromatic carbocycles. The van der Waals surface area contributed by atoms with Crippen LogP contribution in [0.15, 0.2) is 47.8 Å². The fraction of sp³-hybridized carbons (Fsp3) is 0.316. The maximum absolute atomic E-state index is 5.62. The maximum atomic E-state index is 5.62. The molecule has 130 valence electrons. The van der Waals surface area contributed by atoms with Gasteiger partial charge in [0.2, 0.25) is 5.95 Å². The molecule has 1 aromatic heterocycles. The molecule has 0 fully saturated rings. The Morgan fingerprint density at radius 3 is 2.76 bits per heavy atom. The quantitative estimate of drug-likeness (QED) is 0.843. The van der Waals surface area contributed by atoms with Gasteiger partial charge in [-0.1, -0.05) is 23.4 Å². The second-order valence-electron chi connectivity index (χ2n) is 6.07. The molecule has 1 aliphatic carbocycles. The van der Waals surface area contributed by atoms with Crippen molar-refractivity contribution < 1.29 is 9.57 Å². The van der Waals surface area contributed by atoms with Gasteiger partial charge < -0.3 is 14.9 Å². The van der Waals surface area contributed by atoms with Crippen LogP contribution in [0.1, 0.15) is 25.3 Å². The van der Waals surface area contributed by atoms with Crippen LogP contribution in [0.2, 0.25) is 0 Å². The molecule has 0 aliphatic heterocycles. The van der Waals surface area contributed by atoms with Gasteiger partial charge in [0.1, 0.15) is 12.9 Å². The minimum Gasteiger partial charge on any atom is -0.496 e. The third-order valence-electron chi connectivity index (χ3n) is 3.88. The van der Waals surface area contributed by atoms with Crippen molar-refractivity contribution in [1.29, 1.82) is 0 Å². The minimum absolute atomic E-state index is 0.0437. The smallest absolute Gasteiger partial charge is 0.223 e. The summed E-state index contributed by atoms with van der Waals surface area (Å²) in [7, 11) is 3.21. The van der Waals surface area contributed by atoms with Gasteiger partial charge in [0.15, 0.2) is 0 Å². The molecular formula is C19H22N4O2. The first-order chi connectivity index (χ1) is 12.1. The molecule has 0 spiro atoms. The number of rotatable bonds is 5. The number of aromatic nitrogens is 2. The van der Waals surface area contributed by atoms with Crippen molar-refractivity contribution in [3.63, 3.8) is 0 Å². The SMILES string of the molecule is CON=C1C=CC=CC1c1cc2cnc(NC(C)C)nc2cc1OC. The Hall–Kier alpha value is -2.89. The third-order valence-corrected chi connectivity index (χ3v) is 3.88. The van der Waals surface area contributed by atoms with Crippen LogP contribution in [0.3, 0.4) is 0 Å². The van der Waals surface area contributed by atoms with Gasteiger partial charge in [-0.3, -0.25) is 0 Å². The number of hydrogen-bond acceptors (Lipinski definition) is 6. The average Bonchev–Trinajstić information content (AvgIpc) is 2.61. The highest BCUT2D eigenvalue weighted by Gasteiger charge is 2.21. The highest BCUT2D eigenvalue weighted by molar-refractivity contribution is 6.03. The highest BCUT2D eigenvalue weighted by Crippen LogP contribution is 2.34. The second-order valence-corrected chi connectivity index (χ2v) is 6.07. The Balaban J connectivity index is 2.08. The number of benzene rings is 1. The Kier molecular flexibility index (Phi) is 4.97. The van der Waals surface area contributed by atoms with E-state index in [9.17, 15) is 0 Å². The molecule has 1 N–H and O–H groups in total. The predicted octanol–water partition coefficient (Wildman–Crippen LogP) is 3.67. The average molecular weight is 338 g/mol. The van der Waals surface area contributed by atoms with Gasteiger partial charge in [0.25, 0.3) is 0 Å². The molecule has 1 atom stereocenters. The first-order valence-corrected chi connectivity index (χ1v) is 8.19. The van der Waals surface area contributed by atoms with E-state index in [1.807, 2.05) is 36.6 Å². The minimum atomic E-state index is -0.0437. The number of nitrogens with zero attached hydrogens (tertiary/aromatic N) is 3. The number of hydrogen-bond donors (Lipinski definition) is 1. The number of ether oxygens (including phenoxy) is 1. The van der Waals surface area contributed by atoms with E-state index in [2.05, 4.69) is 40.4 Å². The van der Waals surface area contributed by atoms with Crippen LogP contribution in [0.4, 0.5) is 5.95 Å². The monoisotopic (exact) mass is 338 g/mol. The predicted molar refractivity (Wildman–Crippen MR) is 100 cm³/mol. The summed E-state index contributed by atoms with van der Waals surface area (Å²) in [5.41, 5.74) is 2.65. The van der Waals surface area contributed by atoms with Gasteiger partial charge in [0.05, 0.1) is 24.3 Å². The topological polar surface area (TPSA) is 68.6 Å². The second kappa shape index (κ2) is 7.34. The van der Waals surface area contributed by atoms with Gasteiger partial charge in [-0.25, -0.2) is 9.97 Å². The van der Waals surface area contributed by atoms with Gasteiger partial charge >= 0.3 is 0 Å². The van der Waals surface area contributed by atoms with Crippen LogP contribution in [-0.2, 0) is 4.84 Å². The van der Waals surface area contributed by atoms with Crippen LogP contribution in [0, 0.1) is 0 Å². The summed E-state index contributed by atoms with van der Waals surface area (Å²) in [4.78, 5) is 13.9. The Morgan fingerprint density at radius 2 is 2.04 bits per heavy atom. The molecule has 0 saturated heterocycles. The summed E-state index contributed by atoms with van der Waals surface area (Å²) in [5.74, 6) is 1.33. The number of methoxy groups -OCH3 is 1. The van der Waals surface area contributed by atoms with Gasteiger partial charge in [-0.2, -0.15) is 0 Å². The van der Waals surface area contributed by atoms with Gasteiger partial charge in [-0.15, -0.1) is 0 Å². The van der Waals surface area contributed by atoms with Crippen LogP contribution in [0.25, 0.3) is 10.9 Å². The molecule has 0 saturated carbocycles. The van der Waals surface area contributed by atoms with Crippen molar-refractivity contribution in [2.45, 2.75) is 25.8 Å². The first kappa shape index (κ1) is 17.0. The molecule has 2 aromatic rings. The van der Waals surface area contributed by atoms with Crippen molar-refractivity contribution in [2.24, 2.45) is 5.16 Å². The number of nitrogens with one attached hydrogen (secondary N) is 1. The molecular weight excluding hydrogens is 316 g/mol. The van der Waals surface area contributed by atoms with Crippen molar-refractivity contribution in [1.82, 2.24) is 9.97 Å². The van der Waals surface area contributed by atoms with E-state index in [-0.39, 0.29) is 12.0 Å². The normalized spacial score (nSPS) is 18.1. The lowest BCUT2D eigenvalue weighted by Gasteiger charge is -2.19. The van der Waals surface area contributed by atoms with E-state index >= 15 is 0 Å². The van der Waals surface area contributed by atoms with E-state index in [1.165, 1.54) is 0 Å². The summed E-state index contributed by atoms with van der Waals surface area (Å²) in [5, 5.41) is 8.29. The molecule has 1 aliphatic rings. The molecule has 0 bridgehead atoms. The van der Waals surface area contributed by atoms with Crippen molar-refractivity contribution in [3.05, 3.63) is 48.2 Å². The fourth-order valence-corrected chi connectivity index (χ4v) is 2.81. The molecule has 3 rings (SSSR count). The van der Waals surface area contributed by atoms with Crippen LogP contribution >= 0.6 is 0 Å².